The number of nitrogens with zero attached hydrogens (tertiary/aromatic N) is 3. The molecule has 32 heavy (non-hydrogen) atoms. The summed E-state index contributed by atoms with van der Waals surface area (Å²) in [6.07, 6.45) is 3.70. The van der Waals surface area contributed by atoms with E-state index in [1.807, 2.05) is 60.1 Å². The number of aryl methyl sites for hydroxylation is 2. The van der Waals surface area contributed by atoms with Crippen LogP contribution in [0.2, 0.25) is 0 Å². The third-order valence-electron chi connectivity index (χ3n) is 5.62. The Kier molecular flexibility index (Phi) is 8.89. The number of benzene rings is 2. The SMILES string of the molecule is CCCCC(O)CN(CCC)Cc1c(C)nn(-c2ccccc2)c1Oc1cccc(C)c1. The van der Waals surface area contributed by atoms with E-state index < -0.39 is 0 Å². The molecule has 0 bridgehead atoms. The topological polar surface area (TPSA) is 50.5 Å². The summed E-state index contributed by atoms with van der Waals surface area (Å²) >= 11 is 0. The van der Waals surface area contributed by atoms with Gasteiger partial charge in [-0.25, -0.2) is 4.68 Å². The van der Waals surface area contributed by atoms with E-state index >= 15 is 0 Å². The summed E-state index contributed by atoms with van der Waals surface area (Å²) in [6.45, 7) is 10.7. The zero-order valence-corrected chi connectivity index (χ0v) is 19.9. The lowest BCUT2D eigenvalue weighted by molar-refractivity contribution is 0.0991. The average molecular weight is 436 g/mol. The molecule has 0 radical (unpaired) electrons. The molecular weight excluding hydrogens is 398 g/mol. The van der Waals surface area contributed by atoms with E-state index in [-0.39, 0.29) is 6.10 Å². The minimum atomic E-state index is -0.313. The van der Waals surface area contributed by atoms with Crippen molar-refractivity contribution in [3.63, 3.8) is 0 Å². The first kappa shape index (κ1) is 24.0. The molecule has 3 rings (SSSR count). The normalized spacial score (nSPS) is 12.3. The van der Waals surface area contributed by atoms with E-state index in [9.17, 15) is 5.11 Å². The van der Waals surface area contributed by atoms with Crippen molar-refractivity contribution in [3.8, 4) is 17.3 Å². The van der Waals surface area contributed by atoms with Crippen LogP contribution in [0.25, 0.3) is 5.69 Å². The van der Waals surface area contributed by atoms with Crippen LogP contribution in [0.1, 0.15) is 56.4 Å². The summed E-state index contributed by atoms with van der Waals surface area (Å²) in [4.78, 5) is 2.32. The highest BCUT2D eigenvalue weighted by Gasteiger charge is 2.22. The molecule has 1 unspecified atom stereocenters. The summed E-state index contributed by atoms with van der Waals surface area (Å²) in [6, 6.07) is 18.2. The molecule has 0 fully saturated rings. The van der Waals surface area contributed by atoms with Gasteiger partial charge in [-0.3, -0.25) is 4.90 Å². The van der Waals surface area contributed by atoms with E-state index in [0.29, 0.717) is 13.1 Å². The highest BCUT2D eigenvalue weighted by molar-refractivity contribution is 5.43. The highest BCUT2D eigenvalue weighted by Crippen LogP contribution is 2.32. The number of unbranched alkanes of at least 4 members (excludes halogenated alkanes) is 1. The zero-order chi connectivity index (χ0) is 22.9. The second-order valence-electron chi connectivity index (χ2n) is 8.57. The molecule has 0 aliphatic carbocycles. The Morgan fingerprint density at radius 3 is 2.50 bits per heavy atom. The maximum atomic E-state index is 10.5. The van der Waals surface area contributed by atoms with Crippen molar-refractivity contribution in [1.29, 1.82) is 0 Å². The van der Waals surface area contributed by atoms with Gasteiger partial charge in [-0.05, 0) is 63.1 Å². The molecule has 0 aliphatic heterocycles. The molecule has 5 nitrogen and oxygen atoms in total. The number of hydrogen-bond acceptors (Lipinski definition) is 4. The van der Waals surface area contributed by atoms with Gasteiger partial charge in [0.25, 0.3) is 0 Å². The Morgan fingerprint density at radius 1 is 1.03 bits per heavy atom. The van der Waals surface area contributed by atoms with E-state index in [0.717, 1.165) is 66.4 Å². The Labute approximate surface area is 192 Å². The van der Waals surface area contributed by atoms with Crippen molar-refractivity contribution in [1.82, 2.24) is 14.7 Å². The molecule has 3 aromatic rings. The van der Waals surface area contributed by atoms with Crippen LogP contribution in [0.5, 0.6) is 11.6 Å². The Morgan fingerprint density at radius 2 is 1.81 bits per heavy atom. The number of aliphatic hydroxyl groups excluding tert-OH is 1. The van der Waals surface area contributed by atoms with Crippen LogP contribution in [0.15, 0.2) is 54.6 Å². The van der Waals surface area contributed by atoms with Crippen molar-refractivity contribution >= 4 is 0 Å². The Hall–Kier alpha value is -2.63. The van der Waals surface area contributed by atoms with Crippen LogP contribution >= 0.6 is 0 Å². The minimum Gasteiger partial charge on any atom is -0.439 e. The molecule has 1 N–H and O–H groups in total. The van der Waals surface area contributed by atoms with Gasteiger partial charge in [-0.2, -0.15) is 5.10 Å². The first-order chi connectivity index (χ1) is 15.5. The fourth-order valence-corrected chi connectivity index (χ4v) is 3.96. The lowest BCUT2D eigenvalue weighted by Gasteiger charge is -2.25. The van der Waals surface area contributed by atoms with Crippen molar-refractivity contribution in [3.05, 3.63) is 71.4 Å². The number of rotatable bonds is 12. The first-order valence-corrected chi connectivity index (χ1v) is 11.8. The predicted molar refractivity (Wildman–Crippen MR) is 131 cm³/mol. The van der Waals surface area contributed by atoms with Crippen LogP contribution in [-0.4, -0.2) is 39.0 Å². The molecule has 172 valence electrons. The average Bonchev–Trinajstić information content (AvgIpc) is 3.08. The fourth-order valence-electron chi connectivity index (χ4n) is 3.96. The number of hydrogen-bond donors (Lipinski definition) is 1. The first-order valence-electron chi connectivity index (χ1n) is 11.8. The minimum absolute atomic E-state index is 0.313. The largest absolute Gasteiger partial charge is 0.439 e. The molecule has 0 spiro atoms. The van der Waals surface area contributed by atoms with Crippen LogP contribution in [0.3, 0.4) is 0 Å². The van der Waals surface area contributed by atoms with Gasteiger partial charge >= 0.3 is 0 Å². The van der Waals surface area contributed by atoms with Crippen LogP contribution in [-0.2, 0) is 6.54 Å². The van der Waals surface area contributed by atoms with Crippen molar-refractivity contribution in [2.24, 2.45) is 0 Å². The van der Waals surface area contributed by atoms with Gasteiger partial charge in [-0.15, -0.1) is 0 Å². The molecular formula is C27H37N3O2. The maximum absolute atomic E-state index is 10.5. The molecule has 0 amide bonds. The summed E-state index contributed by atoms with van der Waals surface area (Å²) in [5.74, 6) is 1.54. The molecule has 0 saturated carbocycles. The molecule has 5 heteroatoms. The second-order valence-corrected chi connectivity index (χ2v) is 8.57. The molecule has 0 saturated heterocycles. The van der Waals surface area contributed by atoms with Crippen molar-refractivity contribution < 1.29 is 9.84 Å². The van der Waals surface area contributed by atoms with E-state index in [4.69, 9.17) is 9.84 Å². The van der Waals surface area contributed by atoms with Gasteiger partial charge in [0.1, 0.15) is 5.75 Å². The monoisotopic (exact) mass is 435 g/mol. The summed E-state index contributed by atoms with van der Waals surface area (Å²) in [7, 11) is 0. The van der Waals surface area contributed by atoms with Gasteiger partial charge < -0.3 is 9.84 Å². The van der Waals surface area contributed by atoms with Gasteiger partial charge in [-0.1, -0.05) is 57.0 Å². The molecule has 2 aromatic carbocycles. The van der Waals surface area contributed by atoms with Crippen LogP contribution in [0, 0.1) is 13.8 Å². The van der Waals surface area contributed by atoms with Gasteiger partial charge in [0.2, 0.25) is 5.88 Å². The number of para-hydroxylation sites is 1. The Balaban J connectivity index is 1.95. The van der Waals surface area contributed by atoms with Gasteiger partial charge in [0.05, 0.1) is 23.0 Å². The summed E-state index contributed by atoms with van der Waals surface area (Å²) in [5, 5.41) is 15.4. The quantitative estimate of drug-likeness (QED) is 0.376. The highest BCUT2D eigenvalue weighted by atomic mass is 16.5. The third-order valence-corrected chi connectivity index (χ3v) is 5.62. The van der Waals surface area contributed by atoms with Crippen molar-refractivity contribution in [2.45, 2.75) is 66.0 Å². The molecule has 1 aromatic heterocycles. The van der Waals surface area contributed by atoms with E-state index in [1.54, 1.807) is 0 Å². The fraction of sp³-hybridized carbons (Fsp3) is 0.444. The van der Waals surface area contributed by atoms with Crippen LogP contribution < -0.4 is 4.74 Å². The van der Waals surface area contributed by atoms with E-state index in [1.165, 1.54) is 0 Å². The predicted octanol–water partition coefficient (Wildman–Crippen LogP) is 6.04. The summed E-state index contributed by atoms with van der Waals surface area (Å²) < 4.78 is 8.35. The Bertz CT molecular complexity index is 968. The maximum Gasteiger partial charge on any atom is 0.227 e. The lowest BCUT2D eigenvalue weighted by atomic mass is 10.1. The van der Waals surface area contributed by atoms with Gasteiger partial charge in [0.15, 0.2) is 0 Å². The zero-order valence-electron chi connectivity index (χ0n) is 19.9. The number of ether oxygens (including phenoxy) is 1. The van der Waals surface area contributed by atoms with Crippen molar-refractivity contribution in [2.75, 3.05) is 13.1 Å². The van der Waals surface area contributed by atoms with Crippen LogP contribution in [0.4, 0.5) is 0 Å². The third kappa shape index (κ3) is 6.44. The number of aliphatic hydroxyl groups is 1. The second kappa shape index (κ2) is 11.8. The molecule has 1 heterocycles. The molecule has 0 aliphatic rings. The number of aromatic nitrogens is 2. The van der Waals surface area contributed by atoms with Gasteiger partial charge in [0, 0.05) is 13.1 Å². The van der Waals surface area contributed by atoms with E-state index in [2.05, 4.69) is 31.7 Å². The lowest BCUT2D eigenvalue weighted by Crippen LogP contribution is -2.33. The standard InChI is InChI=1S/C27H37N3O2/c1-5-7-15-24(31)19-29(17-6-2)20-26-22(4)28-30(23-13-9-8-10-14-23)27(26)32-25-16-11-12-21(3)18-25/h8-14,16,18,24,31H,5-7,15,17,19-20H2,1-4H3. The molecule has 1 atom stereocenters. The summed E-state index contributed by atoms with van der Waals surface area (Å²) in [5.41, 5.74) is 4.12. The smallest absolute Gasteiger partial charge is 0.227 e.